The zero-order valence-electron chi connectivity index (χ0n) is 13.4. The molecule has 0 bridgehead atoms. The first-order chi connectivity index (χ1) is 9.55. The standard InChI is InChI=1S/C15H31N3O2/c1-4-19-12-10-18(11-13-20-5-2)9-7-6-8-15(3,17)14-16/h4-13,17H2,1-3H3. The molecule has 0 aromatic carbocycles. The van der Waals surface area contributed by atoms with Crippen LogP contribution in [0.15, 0.2) is 0 Å². The minimum Gasteiger partial charge on any atom is -0.380 e. The molecule has 0 saturated heterocycles. The largest absolute Gasteiger partial charge is 0.380 e. The minimum atomic E-state index is -0.693. The molecule has 1 atom stereocenters. The third-order valence-electron chi connectivity index (χ3n) is 3.19. The van der Waals surface area contributed by atoms with E-state index in [-0.39, 0.29) is 0 Å². The van der Waals surface area contributed by atoms with Crippen LogP contribution in [-0.4, -0.2) is 56.5 Å². The predicted molar refractivity (Wildman–Crippen MR) is 81.5 cm³/mol. The molecule has 20 heavy (non-hydrogen) atoms. The van der Waals surface area contributed by atoms with Crippen LogP contribution >= 0.6 is 0 Å². The Balaban J connectivity index is 3.86. The van der Waals surface area contributed by atoms with Crippen LogP contribution in [0.1, 0.15) is 40.0 Å². The van der Waals surface area contributed by atoms with Gasteiger partial charge in [0, 0.05) is 26.3 Å². The lowest BCUT2D eigenvalue weighted by Gasteiger charge is -2.22. The molecule has 0 saturated carbocycles. The van der Waals surface area contributed by atoms with Crippen LogP contribution in [0.5, 0.6) is 0 Å². The van der Waals surface area contributed by atoms with Gasteiger partial charge in [0.2, 0.25) is 0 Å². The Morgan fingerprint density at radius 2 is 1.60 bits per heavy atom. The second-order valence-corrected chi connectivity index (χ2v) is 5.22. The maximum atomic E-state index is 8.87. The Morgan fingerprint density at radius 1 is 1.05 bits per heavy atom. The Labute approximate surface area is 124 Å². The van der Waals surface area contributed by atoms with E-state index in [1.54, 1.807) is 6.92 Å². The summed E-state index contributed by atoms with van der Waals surface area (Å²) in [4.78, 5) is 2.35. The second kappa shape index (κ2) is 12.1. The highest BCUT2D eigenvalue weighted by Crippen LogP contribution is 2.09. The molecule has 0 aromatic rings. The highest BCUT2D eigenvalue weighted by atomic mass is 16.5. The van der Waals surface area contributed by atoms with Gasteiger partial charge in [0.05, 0.1) is 19.3 Å². The molecule has 0 fully saturated rings. The Bertz CT molecular complexity index is 254. The molecule has 118 valence electrons. The van der Waals surface area contributed by atoms with Crippen molar-refractivity contribution in [1.82, 2.24) is 4.90 Å². The molecule has 2 N–H and O–H groups in total. The van der Waals surface area contributed by atoms with Gasteiger partial charge in [0.25, 0.3) is 0 Å². The van der Waals surface area contributed by atoms with Gasteiger partial charge in [0.1, 0.15) is 5.54 Å². The summed E-state index contributed by atoms with van der Waals surface area (Å²) in [6, 6.07) is 2.14. The van der Waals surface area contributed by atoms with E-state index < -0.39 is 5.54 Å². The normalized spacial score (nSPS) is 14.2. The fourth-order valence-electron chi connectivity index (χ4n) is 1.89. The van der Waals surface area contributed by atoms with Gasteiger partial charge in [-0.1, -0.05) is 0 Å². The Morgan fingerprint density at radius 3 is 2.05 bits per heavy atom. The first-order valence-corrected chi connectivity index (χ1v) is 7.63. The molecule has 0 spiro atoms. The van der Waals surface area contributed by atoms with E-state index in [0.717, 1.165) is 65.3 Å². The van der Waals surface area contributed by atoms with Gasteiger partial charge in [-0.3, -0.25) is 4.90 Å². The third-order valence-corrected chi connectivity index (χ3v) is 3.19. The molecular formula is C15H31N3O2. The zero-order chi connectivity index (χ0) is 15.3. The SMILES string of the molecule is CCOCCN(CCCCC(C)(N)C#N)CCOCC. The zero-order valence-corrected chi connectivity index (χ0v) is 13.4. The third kappa shape index (κ3) is 11.2. The lowest BCUT2D eigenvalue weighted by Crippen LogP contribution is -2.35. The molecule has 5 nitrogen and oxygen atoms in total. The van der Waals surface area contributed by atoms with Gasteiger partial charge in [-0.25, -0.2) is 0 Å². The van der Waals surface area contributed by atoms with Gasteiger partial charge < -0.3 is 15.2 Å². The maximum Gasteiger partial charge on any atom is 0.101 e. The van der Waals surface area contributed by atoms with Crippen LogP contribution in [0.2, 0.25) is 0 Å². The van der Waals surface area contributed by atoms with Crippen molar-refractivity contribution in [1.29, 1.82) is 5.26 Å². The Kier molecular flexibility index (Phi) is 11.7. The van der Waals surface area contributed by atoms with E-state index in [2.05, 4.69) is 11.0 Å². The van der Waals surface area contributed by atoms with Crippen molar-refractivity contribution in [2.24, 2.45) is 5.73 Å². The average Bonchev–Trinajstić information content (AvgIpc) is 2.43. The lowest BCUT2D eigenvalue weighted by atomic mass is 9.98. The number of ether oxygens (including phenoxy) is 2. The highest BCUT2D eigenvalue weighted by molar-refractivity contribution is 5.00. The van der Waals surface area contributed by atoms with Crippen LogP contribution in [0.25, 0.3) is 0 Å². The van der Waals surface area contributed by atoms with E-state index >= 15 is 0 Å². The lowest BCUT2D eigenvalue weighted by molar-refractivity contribution is 0.0819. The van der Waals surface area contributed by atoms with E-state index in [0.29, 0.717) is 0 Å². The number of unbranched alkanes of at least 4 members (excludes halogenated alkanes) is 1. The summed E-state index contributed by atoms with van der Waals surface area (Å²) >= 11 is 0. The molecule has 0 aliphatic heterocycles. The molecular weight excluding hydrogens is 254 g/mol. The first-order valence-electron chi connectivity index (χ1n) is 7.63. The second-order valence-electron chi connectivity index (χ2n) is 5.22. The molecule has 1 unspecified atom stereocenters. The molecule has 5 heteroatoms. The van der Waals surface area contributed by atoms with Crippen LogP contribution in [0.4, 0.5) is 0 Å². The monoisotopic (exact) mass is 285 g/mol. The van der Waals surface area contributed by atoms with Crippen LogP contribution in [0, 0.1) is 11.3 Å². The minimum absolute atomic E-state index is 0.693. The quantitative estimate of drug-likeness (QED) is 0.522. The van der Waals surface area contributed by atoms with Crippen molar-refractivity contribution in [3.8, 4) is 6.07 Å². The van der Waals surface area contributed by atoms with Crippen molar-refractivity contribution >= 4 is 0 Å². The predicted octanol–water partition coefficient (Wildman–Crippen LogP) is 1.77. The number of hydrogen-bond donors (Lipinski definition) is 1. The maximum absolute atomic E-state index is 8.87. The van der Waals surface area contributed by atoms with Crippen LogP contribution < -0.4 is 5.73 Å². The summed E-state index contributed by atoms with van der Waals surface area (Å²) in [6.45, 7) is 11.7. The molecule has 0 aliphatic carbocycles. The van der Waals surface area contributed by atoms with Crippen molar-refractivity contribution in [3.63, 3.8) is 0 Å². The van der Waals surface area contributed by atoms with Gasteiger partial charge in [0.15, 0.2) is 0 Å². The summed E-state index contributed by atoms with van der Waals surface area (Å²) in [6.07, 6.45) is 2.77. The van der Waals surface area contributed by atoms with Gasteiger partial charge in [-0.15, -0.1) is 0 Å². The van der Waals surface area contributed by atoms with Crippen molar-refractivity contribution < 1.29 is 9.47 Å². The average molecular weight is 285 g/mol. The van der Waals surface area contributed by atoms with Crippen molar-refractivity contribution in [2.75, 3.05) is 46.1 Å². The molecule has 0 rings (SSSR count). The molecule has 0 heterocycles. The van der Waals surface area contributed by atoms with E-state index in [1.807, 2.05) is 13.8 Å². The van der Waals surface area contributed by atoms with Gasteiger partial charge in [-0.05, 0) is 46.6 Å². The summed E-state index contributed by atoms with van der Waals surface area (Å²) in [5.74, 6) is 0. The smallest absolute Gasteiger partial charge is 0.101 e. The van der Waals surface area contributed by atoms with E-state index in [9.17, 15) is 0 Å². The molecule has 0 amide bonds. The number of nitriles is 1. The molecule has 0 aromatic heterocycles. The van der Waals surface area contributed by atoms with Crippen LogP contribution in [0.3, 0.4) is 0 Å². The van der Waals surface area contributed by atoms with Crippen molar-refractivity contribution in [3.05, 3.63) is 0 Å². The topological polar surface area (TPSA) is 71.5 Å². The van der Waals surface area contributed by atoms with Gasteiger partial charge >= 0.3 is 0 Å². The van der Waals surface area contributed by atoms with E-state index in [1.165, 1.54) is 0 Å². The van der Waals surface area contributed by atoms with Crippen molar-refractivity contribution in [2.45, 2.75) is 45.6 Å². The first kappa shape index (κ1) is 19.3. The highest BCUT2D eigenvalue weighted by Gasteiger charge is 2.16. The summed E-state index contributed by atoms with van der Waals surface area (Å²) in [5.41, 5.74) is 5.12. The number of nitrogens with zero attached hydrogens (tertiary/aromatic N) is 2. The summed E-state index contributed by atoms with van der Waals surface area (Å²) < 4.78 is 10.8. The fourth-order valence-corrected chi connectivity index (χ4v) is 1.89. The van der Waals surface area contributed by atoms with Gasteiger partial charge in [-0.2, -0.15) is 5.26 Å². The molecule has 0 radical (unpaired) electrons. The summed E-state index contributed by atoms with van der Waals surface area (Å²) in [7, 11) is 0. The number of hydrogen-bond acceptors (Lipinski definition) is 5. The molecule has 0 aliphatic rings. The number of nitrogens with two attached hydrogens (primary N) is 1. The summed E-state index contributed by atoms with van der Waals surface area (Å²) in [5, 5.41) is 8.87. The number of rotatable bonds is 13. The van der Waals surface area contributed by atoms with Crippen LogP contribution in [-0.2, 0) is 9.47 Å². The fraction of sp³-hybridized carbons (Fsp3) is 0.933. The Hall–Kier alpha value is -0.670. The van der Waals surface area contributed by atoms with E-state index in [4.69, 9.17) is 20.5 Å².